The van der Waals surface area contributed by atoms with Gasteiger partial charge in [0.25, 0.3) is 0 Å². The number of nitrogens with zero attached hydrogens (tertiary/aromatic N) is 2. The van der Waals surface area contributed by atoms with E-state index in [2.05, 4.69) is 9.97 Å². The number of hydrogen-bond acceptors (Lipinski definition) is 4. The summed E-state index contributed by atoms with van der Waals surface area (Å²) < 4.78 is 18.5. The average Bonchev–Trinajstić information content (AvgIpc) is 2.53. The van der Waals surface area contributed by atoms with Crippen LogP contribution >= 0.6 is 0 Å². The quantitative estimate of drug-likeness (QED) is 0.801. The first-order valence-electron chi connectivity index (χ1n) is 7.02. The molecule has 0 spiro atoms. The minimum Gasteiger partial charge on any atom is -0.440 e. The van der Waals surface area contributed by atoms with E-state index in [0.29, 0.717) is 27.9 Å². The summed E-state index contributed by atoms with van der Waals surface area (Å²) in [6.45, 7) is 1.68. The molecule has 2 aromatic heterocycles. The van der Waals surface area contributed by atoms with Gasteiger partial charge in [-0.25, -0.2) is 14.2 Å². The Balaban J connectivity index is 2.22. The zero-order chi connectivity index (χ0) is 16.4. The maximum absolute atomic E-state index is 13.5. The number of carbonyl (C=O) groups is 1. The predicted molar refractivity (Wildman–Crippen MR) is 84.0 cm³/mol. The van der Waals surface area contributed by atoms with Crippen molar-refractivity contribution in [3.05, 3.63) is 60.2 Å². The molecule has 2 N–H and O–H groups in total. The lowest BCUT2D eigenvalue weighted by Crippen LogP contribution is -2.17. The van der Waals surface area contributed by atoms with Crippen LogP contribution in [0.2, 0.25) is 0 Å². The van der Waals surface area contributed by atoms with Crippen LogP contribution in [0.3, 0.4) is 0 Å². The Hall–Kier alpha value is -3.02. The fourth-order valence-corrected chi connectivity index (χ4v) is 2.43. The highest BCUT2D eigenvalue weighted by atomic mass is 19.1. The van der Waals surface area contributed by atoms with E-state index >= 15 is 0 Å². The summed E-state index contributed by atoms with van der Waals surface area (Å²) in [5.74, 6) is -0.347. The molecule has 6 heteroatoms. The zero-order valence-electron chi connectivity index (χ0n) is 12.4. The minimum absolute atomic E-state index is 0.347. The van der Waals surface area contributed by atoms with Crippen molar-refractivity contribution in [1.82, 2.24) is 9.97 Å². The van der Waals surface area contributed by atoms with Crippen molar-refractivity contribution in [2.45, 2.75) is 13.0 Å². The molecule has 0 bridgehead atoms. The summed E-state index contributed by atoms with van der Waals surface area (Å²) in [5.41, 5.74) is 7.53. The van der Waals surface area contributed by atoms with E-state index in [1.54, 1.807) is 31.3 Å². The van der Waals surface area contributed by atoms with Crippen molar-refractivity contribution in [2.75, 3.05) is 0 Å². The van der Waals surface area contributed by atoms with Crippen molar-refractivity contribution in [3.63, 3.8) is 0 Å². The number of halogens is 1. The highest BCUT2D eigenvalue weighted by Crippen LogP contribution is 2.30. The molecule has 0 aliphatic heterocycles. The van der Waals surface area contributed by atoms with E-state index in [1.165, 1.54) is 12.1 Å². The van der Waals surface area contributed by atoms with E-state index in [0.717, 1.165) is 0 Å². The first-order valence-corrected chi connectivity index (χ1v) is 7.02. The van der Waals surface area contributed by atoms with Gasteiger partial charge < -0.3 is 10.5 Å². The van der Waals surface area contributed by atoms with Crippen molar-refractivity contribution in [3.8, 4) is 11.3 Å². The second-order valence-electron chi connectivity index (χ2n) is 5.05. The third kappa shape index (κ3) is 3.11. The number of nitrogens with two attached hydrogens (primary N) is 1. The number of amides is 1. The number of fused-ring (bicyclic) bond motifs is 1. The monoisotopic (exact) mass is 311 g/mol. The first kappa shape index (κ1) is 14.9. The number of pyridine rings is 2. The summed E-state index contributed by atoms with van der Waals surface area (Å²) in [6.07, 6.45) is 0.110. The minimum atomic E-state index is -0.884. The molecule has 1 atom stereocenters. The molecule has 2 heterocycles. The van der Waals surface area contributed by atoms with E-state index in [4.69, 9.17) is 10.5 Å². The molecule has 0 saturated carbocycles. The second-order valence-corrected chi connectivity index (χ2v) is 5.05. The number of ether oxygens (including phenoxy) is 1. The van der Waals surface area contributed by atoms with Crippen molar-refractivity contribution >= 4 is 17.0 Å². The van der Waals surface area contributed by atoms with Gasteiger partial charge in [-0.2, -0.15) is 0 Å². The molecule has 0 unspecified atom stereocenters. The van der Waals surface area contributed by atoms with E-state index in [9.17, 15) is 9.18 Å². The molecule has 0 fully saturated rings. The van der Waals surface area contributed by atoms with Crippen LogP contribution in [0.1, 0.15) is 18.7 Å². The van der Waals surface area contributed by atoms with Crippen molar-refractivity contribution in [1.29, 1.82) is 0 Å². The van der Waals surface area contributed by atoms with Gasteiger partial charge in [0.1, 0.15) is 11.9 Å². The normalized spacial score (nSPS) is 12.1. The first-order chi connectivity index (χ1) is 11.0. The molecular weight excluding hydrogens is 297 g/mol. The number of primary amides is 1. The predicted octanol–water partition coefficient (Wildman–Crippen LogP) is 3.59. The Morgan fingerprint density at radius 1 is 1.26 bits per heavy atom. The average molecular weight is 311 g/mol. The maximum atomic E-state index is 13.5. The van der Waals surface area contributed by atoms with Crippen molar-refractivity contribution in [2.24, 2.45) is 5.73 Å². The summed E-state index contributed by atoms with van der Waals surface area (Å²) in [5, 5.41) is 0.640. The van der Waals surface area contributed by atoms with Crippen LogP contribution in [0.4, 0.5) is 9.18 Å². The Bertz CT molecular complexity index is 868. The highest BCUT2D eigenvalue weighted by molar-refractivity contribution is 5.84. The highest BCUT2D eigenvalue weighted by Gasteiger charge is 2.18. The van der Waals surface area contributed by atoms with Gasteiger partial charge in [0.2, 0.25) is 0 Å². The lowest BCUT2D eigenvalue weighted by atomic mass is 10.0. The SMILES string of the molecule is C[C@H](OC(N)=O)c1nc2ccc(F)cc2cc1-c1ccccn1. The molecule has 116 valence electrons. The second kappa shape index (κ2) is 6.00. The molecule has 1 aromatic carbocycles. The van der Waals surface area contributed by atoms with Crippen LogP contribution in [-0.4, -0.2) is 16.1 Å². The molecule has 0 saturated heterocycles. The zero-order valence-corrected chi connectivity index (χ0v) is 12.4. The van der Waals surface area contributed by atoms with Crippen LogP contribution in [-0.2, 0) is 4.74 Å². The fourth-order valence-electron chi connectivity index (χ4n) is 2.43. The van der Waals surface area contributed by atoms with E-state index in [-0.39, 0.29) is 5.82 Å². The summed E-state index contributed by atoms with van der Waals surface area (Å²) in [6, 6.07) is 11.5. The molecule has 0 aliphatic rings. The molecule has 3 aromatic rings. The van der Waals surface area contributed by atoms with E-state index < -0.39 is 12.2 Å². The lowest BCUT2D eigenvalue weighted by Gasteiger charge is -2.16. The number of carbonyl (C=O) groups excluding carboxylic acids is 1. The molecule has 1 amide bonds. The van der Waals surface area contributed by atoms with Gasteiger partial charge >= 0.3 is 6.09 Å². The summed E-state index contributed by atoms with van der Waals surface area (Å²) in [7, 11) is 0. The van der Waals surface area contributed by atoms with Crippen LogP contribution in [0.25, 0.3) is 22.2 Å². The lowest BCUT2D eigenvalue weighted by molar-refractivity contribution is 0.115. The fraction of sp³-hybridized carbons (Fsp3) is 0.118. The molecule has 0 aliphatic carbocycles. The van der Waals surface area contributed by atoms with E-state index in [1.807, 2.05) is 12.1 Å². The van der Waals surface area contributed by atoms with Gasteiger partial charge in [-0.1, -0.05) is 6.07 Å². The van der Waals surface area contributed by atoms with Crippen LogP contribution in [0, 0.1) is 5.82 Å². The smallest absolute Gasteiger partial charge is 0.405 e. The van der Waals surface area contributed by atoms with Gasteiger partial charge in [0, 0.05) is 17.1 Å². The van der Waals surface area contributed by atoms with Gasteiger partial charge in [-0.3, -0.25) is 4.98 Å². The van der Waals surface area contributed by atoms with Crippen LogP contribution in [0.5, 0.6) is 0 Å². The topological polar surface area (TPSA) is 78.1 Å². The van der Waals surface area contributed by atoms with Gasteiger partial charge in [0.15, 0.2) is 0 Å². The number of aromatic nitrogens is 2. The molecule has 5 nitrogen and oxygen atoms in total. The molecule has 3 rings (SSSR count). The van der Waals surface area contributed by atoms with Crippen LogP contribution < -0.4 is 5.73 Å². The number of benzene rings is 1. The summed E-state index contributed by atoms with van der Waals surface area (Å²) >= 11 is 0. The Morgan fingerprint density at radius 2 is 2.09 bits per heavy atom. The Labute approximate surface area is 131 Å². The molecule has 0 radical (unpaired) electrons. The van der Waals surface area contributed by atoms with Crippen molar-refractivity contribution < 1.29 is 13.9 Å². The van der Waals surface area contributed by atoms with Gasteiger partial charge in [-0.15, -0.1) is 0 Å². The van der Waals surface area contributed by atoms with Crippen LogP contribution in [0.15, 0.2) is 48.7 Å². The van der Waals surface area contributed by atoms with Gasteiger partial charge in [-0.05, 0) is 43.3 Å². The standard InChI is InChI=1S/C17H14FN3O2/c1-10(23-17(19)22)16-13(15-4-2-3-7-20-15)9-11-8-12(18)5-6-14(11)21-16/h2-10H,1H3,(H2,19,22)/t10-/m0/s1. The molecular formula is C17H14FN3O2. The number of hydrogen-bond donors (Lipinski definition) is 1. The largest absolute Gasteiger partial charge is 0.440 e. The summed E-state index contributed by atoms with van der Waals surface area (Å²) in [4.78, 5) is 19.8. The maximum Gasteiger partial charge on any atom is 0.405 e. The third-order valence-corrected chi connectivity index (χ3v) is 3.43. The van der Waals surface area contributed by atoms with Gasteiger partial charge in [0.05, 0.1) is 16.9 Å². The Kier molecular flexibility index (Phi) is 3.89. The third-order valence-electron chi connectivity index (χ3n) is 3.43. The molecule has 23 heavy (non-hydrogen) atoms. The Morgan fingerprint density at radius 3 is 2.78 bits per heavy atom. The number of rotatable bonds is 3.